The predicted octanol–water partition coefficient (Wildman–Crippen LogP) is 3.18. The Morgan fingerprint density at radius 1 is 1.04 bits per heavy atom. The first kappa shape index (κ1) is 16.8. The third-order valence-electron chi connectivity index (χ3n) is 4.24. The number of hydrogen-bond acceptors (Lipinski definition) is 2. The number of carbonyl (C=O) groups is 2. The van der Waals surface area contributed by atoms with Crippen molar-refractivity contribution in [2.75, 3.05) is 0 Å². The number of carbonyl (C=O) groups excluding carboxylic acids is 2. The van der Waals surface area contributed by atoms with Crippen LogP contribution in [0.25, 0.3) is 10.9 Å². The molecule has 0 aliphatic rings. The number of amides is 2. The number of rotatable bonds is 4. The molecule has 128 valence electrons. The van der Waals surface area contributed by atoms with Crippen LogP contribution in [0.15, 0.2) is 48.7 Å². The van der Waals surface area contributed by atoms with Gasteiger partial charge in [0.15, 0.2) is 0 Å². The predicted molar refractivity (Wildman–Crippen MR) is 98.1 cm³/mol. The quantitative estimate of drug-likeness (QED) is 0.641. The number of hydrazine groups is 1. The summed E-state index contributed by atoms with van der Waals surface area (Å²) in [5.74, 6) is -0.527. The molecule has 0 saturated heterocycles. The Morgan fingerprint density at radius 3 is 2.64 bits per heavy atom. The normalized spacial score (nSPS) is 10.6. The van der Waals surface area contributed by atoms with Crippen LogP contribution < -0.4 is 10.9 Å². The lowest BCUT2D eigenvalue weighted by atomic mass is 10.1. The number of aryl methyl sites for hydroxylation is 3. The lowest BCUT2D eigenvalue weighted by molar-refractivity contribution is -0.121. The first-order valence-corrected chi connectivity index (χ1v) is 8.26. The molecule has 0 bridgehead atoms. The minimum atomic E-state index is -0.307. The summed E-state index contributed by atoms with van der Waals surface area (Å²) in [5.41, 5.74) is 9.64. The second-order valence-electron chi connectivity index (χ2n) is 6.18. The number of aromatic amines is 1. The molecule has 1 heterocycles. The molecule has 25 heavy (non-hydrogen) atoms. The third-order valence-corrected chi connectivity index (χ3v) is 4.24. The Labute approximate surface area is 146 Å². The van der Waals surface area contributed by atoms with E-state index in [0.29, 0.717) is 18.4 Å². The van der Waals surface area contributed by atoms with Crippen molar-refractivity contribution in [2.45, 2.75) is 26.7 Å². The molecule has 3 rings (SSSR count). The van der Waals surface area contributed by atoms with E-state index in [0.717, 1.165) is 27.6 Å². The second kappa shape index (κ2) is 7.21. The molecule has 0 saturated carbocycles. The summed E-state index contributed by atoms with van der Waals surface area (Å²) in [4.78, 5) is 27.4. The maximum absolute atomic E-state index is 12.2. The van der Waals surface area contributed by atoms with Crippen molar-refractivity contribution in [1.82, 2.24) is 15.8 Å². The minimum Gasteiger partial charge on any atom is -0.361 e. The van der Waals surface area contributed by atoms with E-state index in [1.165, 1.54) is 0 Å². The maximum atomic E-state index is 12.2. The molecule has 0 unspecified atom stereocenters. The van der Waals surface area contributed by atoms with Gasteiger partial charge >= 0.3 is 0 Å². The Bertz CT molecular complexity index is 928. The van der Waals surface area contributed by atoms with E-state index >= 15 is 0 Å². The molecule has 2 aromatic carbocycles. The fourth-order valence-electron chi connectivity index (χ4n) is 2.91. The van der Waals surface area contributed by atoms with Crippen LogP contribution in [0.3, 0.4) is 0 Å². The van der Waals surface area contributed by atoms with Gasteiger partial charge in [-0.25, -0.2) is 0 Å². The van der Waals surface area contributed by atoms with Gasteiger partial charge in [-0.15, -0.1) is 0 Å². The van der Waals surface area contributed by atoms with Gasteiger partial charge in [-0.2, -0.15) is 0 Å². The highest BCUT2D eigenvalue weighted by Crippen LogP contribution is 2.18. The van der Waals surface area contributed by atoms with Crippen molar-refractivity contribution in [3.63, 3.8) is 0 Å². The molecular formula is C20H21N3O2. The van der Waals surface area contributed by atoms with Crippen LogP contribution in [0.2, 0.25) is 0 Å². The number of hydrogen-bond donors (Lipinski definition) is 3. The van der Waals surface area contributed by atoms with Crippen LogP contribution in [0.4, 0.5) is 0 Å². The highest BCUT2D eigenvalue weighted by Gasteiger charge is 2.11. The van der Waals surface area contributed by atoms with E-state index < -0.39 is 0 Å². The summed E-state index contributed by atoms with van der Waals surface area (Å²) in [5, 5.41) is 1.12. The Morgan fingerprint density at radius 2 is 1.84 bits per heavy atom. The van der Waals surface area contributed by atoms with E-state index in [1.807, 2.05) is 56.4 Å². The van der Waals surface area contributed by atoms with Gasteiger partial charge in [-0.05, 0) is 43.5 Å². The van der Waals surface area contributed by atoms with Crippen LogP contribution in [-0.4, -0.2) is 16.8 Å². The molecule has 5 nitrogen and oxygen atoms in total. The van der Waals surface area contributed by atoms with Crippen molar-refractivity contribution in [2.24, 2.45) is 0 Å². The van der Waals surface area contributed by atoms with Crippen molar-refractivity contribution in [1.29, 1.82) is 0 Å². The van der Waals surface area contributed by atoms with Crippen molar-refractivity contribution >= 4 is 22.7 Å². The molecule has 0 spiro atoms. The fourth-order valence-corrected chi connectivity index (χ4v) is 2.91. The highest BCUT2D eigenvalue weighted by molar-refractivity contribution is 5.96. The zero-order chi connectivity index (χ0) is 17.8. The molecule has 0 atom stereocenters. The van der Waals surface area contributed by atoms with Crippen LogP contribution in [0.5, 0.6) is 0 Å². The van der Waals surface area contributed by atoms with Gasteiger partial charge in [-0.3, -0.25) is 20.4 Å². The Kier molecular flexibility index (Phi) is 4.84. The molecule has 0 fully saturated rings. The molecule has 0 aliphatic heterocycles. The summed E-state index contributed by atoms with van der Waals surface area (Å²) in [6.45, 7) is 3.85. The average molecular weight is 335 g/mol. The lowest BCUT2D eigenvalue weighted by Crippen LogP contribution is -2.41. The third kappa shape index (κ3) is 3.88. The lowest BCUT2D eigenvalue weighted by Gasteiger charge is -2.09. The van der Waals surface area contributed by atoms with Crippen LogP contribution in [0, 0.1) is 13.8 Å². The van der Waals surface area contributed by atoms with E-state index in [1.54, 1.807) is 6.07 Å². The Balaban J connectivity index is 1.53. The zero-order valence-electron chi connectivity index (χ0n) is 14.3. The van der Waals surface area contributed by atoms with Crippen LogP contribution in [-0.2, 0) is 11.2 Å². The van der Waals surface area contributed by atoms with Crippen LogP contribution >= 0.6 is 0 Å². The summed E-state index contributed by atoms with van der Waals surface area (Å²) >= 11 is 0. The average Bonchev–Trinajstić information content (AvgIpc) is 3.01. The van der Waals surface area contributed by atoms with Crippen molar-refractivity contribution in [3.8, 4) is 0 Å². The topological polar surface area (TPSA) is 74.0 Å². The fraction of sp³-hybridized carbons (Fsp3) is 0.200. The molecule has 0 radical (unpaired) electrons. The van der Waals surface area contributed by atoms with Gasteiger partial charge in [-0.1, -0.05) is 35.9 Å². The number of benzene rings is 2. The summed E-state index contributed by atoms with van der Waals surface area (Å²) < 4.78 is 0. The monoisotopic (exact) mass is 335 g/mol. The molecule has 3 N–H and O–H groups in total. The number of nitrogens with one attached hydrogen (secondary N) is 3. The van der Waals surface area contributed by atoms with Gasteiger partial charge in [0.25, 0.3) is 5.91 Å². The van der Waals surface area contributed by atoms with E-state index in [9.17, 15) is 9.59 Å². The zero-order valence-corrected chi connectivity index (χ0v) is 14.3. The van der Waals surface area contributed by atoms with Gasteiger partial charge in [0, 0.05) is 29.1 Å². The van der Waals surface area contributed by atoms with Gasteiger partial charge in [0.05, 0.1) is 0 Å². The van der Waals surface area contributed by atoms with E-state index in [4.69, 9.17) is 0 Å². The molecular weight excluding hydrogens is 314 g/mol. The second-order valence-corrected chi connectivity index (χ2v) is 6.18. The van der Waals surface area contributed by atoms with Crippen molar-refractivity contribution < 1.29 is 9.59 Å². The molecule has 5 heteroatoms. The minimum absolute atomic E-state index is 0.219. The molecule has 2 amide bonds. The molecule has 3 aromatic rings. The maximum Gasteiger partial charge on any atom is 0.269 e. The SMILES string of the molecule is Cc1ccc(C(=O)NNC(=O)CCc2c[nH]c3ccccc23)c(C)c1. The highest BCUT2D eigenvalue weighted by atomic mass is 16.2. The molecule has 0 aliphatic carbocycles. The summed E-state index contributed by atoms with van der Waals surface area (Å²) in [6.07, 6.45) is 2.83. The van der Waals surface area contributed by atoms with E-state index in [2.05, 4.69) is 15.8 Å². The van der Waals surface area contributed by atoms with Gasteiger partial charge < -0.3 is 4.98 Å². The van der Waals surface area contributed by atoms with Gasteiger partial charge in [0.2, 0.25) is 5.91 Å². The molecule has 1 aromatic heterocycles. The summed E-state index contributed by atoms with van der Waals surface area (Å²) in [7, 11) is 0. The smallest absolute Gasteiger partial charge is 0.269 e. The first-order valence-electron chi connectivity index (χ1n) is 8.26. The van der Waals surface area contributed by atoms with Crippen molar-refractivity contribution in [3.05, 3.63) is 70.9 Å². The number of para-hydroxylation sites is 1. The van der Waals surface area contributed by atoms with Crippen LogP contribution in [0.1, 0.15) is 33.5 Å². The van der Waals surface area contributed by atoms with Gasteiger partial charge in [0.1, 0.15) is 0 Å². The first-order chi connectivity index (χ1) is 12.0. The summed E-state index contributed by atoms with van der Waals surface area (Å²) in [6, 6.07) is 13.6. The number of H-pyrrole nitrogens is 1. The number of fused-ring (bicyclic) bond motifs is 1. The largest absolute Gasteiger partial charge is 0.361 e. The standard InChI is InChI=1S/C20H21N3O2/c1-13-7-9-16(14(2)11-13)20(25)23-22-19(24)10-8-15-12-21-18-6-4-3-5-17(15)18/h3-7,9,11-12,21H,8,10H2,1-2H3,(H,22,24)(H,23,25). The number of aromatic nitrogens is 1. The Hall–Kier alpha value is -3.08. The van der Waals surface area contributed by atoms with E-state index in [-0.39, 0.29) is 11.8 Å².